The summed E-state index contributed by atoms with van der Waals surface area (Å²) in [6.07, 6.45) is 5.00. The number of carbonyl (C=O) groups is 1. The molecule has 4 atom stereocenters. The summed E-state index contributed by atoms with van der Waals surface area (Å²) in [5.74, 6) is 0.168. The van der Waals surface area contributed by atoms with Crippen LogP contribution >= 0.6 is 0 Å². The van der Waals surface area contributed by atoms with Crippen LogP contribution in [-0.2, 0) is 9.53 Å². The molecule has 0 aromatic carbocycles. The highest BCUT2D eigenvalue weighted by atomic mass is 16.5. The summed E-state index contributed by atoms with van der Waals surface area (Å²) in [5, 5.41) is 13.3. The molecule has 110 valence electrons. The Morgan fingerprint density at radius 3 is 2.37 bits per heavy atom. The Kier molecular flexibility index (Phi) is 4.51. The fraction of sp³-hybridized carbons (Fsp3) is 0.933. The lowest BCUT2D eigenvalue weighted by molar-refractivity contribution is -0.128. The zero-order valence-electron chi connectivity index (χ0n) is 12.3. The quantitative estimate of drug-likeness (QED) is 0.822. The summed E-state index contributed by atoms with van der Waals surface area (Å²) < 4.78 is 5.70. The van der Waals surface area contributed by atoms with Gasteiger partial charge in [-0.15, -0.1) is 0 Å². The molecule has 1 aliphatic carbocycles. The van der Waals surface area contributed by atoms with E-state index >= 15 is 0 Å². The summed E-state index contributed by atoms with van der Waals surface area (Å²) in [5.41, 5.74) is -0.689. The summed E-state index contributed by atoms with van der Waals surface area (Å²) in [6.45, 7) is 6.42. The van der Waals surface area contributed by atoms with Gasteiger partial charge in [0.25, 0.3) is 0 Å². The largest absolute Gasteiger partial charge is 0.388 e. The fourth-order valence-electron chi connectivity index (χ4n) is 3.47. The molecule has 0 aromatic heterocycles. The molecule has 1 aliphatic heterocycles. The molecule has 2 fully saturated rings. The molecule has 0 spiro atoms. The van der Waals surface area contributed by atoms with E-state index in [0.717, 1.165) is 25.7 Å². The second-order valence-electron chi connectivity index (χ2n) is 6.43. The number of amides is 1. The zero-order valence-corrected chi connectivity index (χ0v) is 12.3. The lowest BCUT2D eigenvalue weighted by atomic mass is 9.84. The number of hydrogen-bond donors (Lipinski definition) is 2. The van der Waals surface area contributed by atoms with Gasteiger partial charge in [0.05, 0.1) is 23.7 Å². The van der Waals surface area contributed by atoms with Gasteiger partial charge in [-0.3, -0.25) is 4.79 Å². The van der Waals surface area contributed by atoms with E-state index in [1.807, 2.05) is 13.8 Å². The maximum absolute atomic E-state index is 12.3. The van der Waals surface area contributed by atoms with E-state index in [0.29, 0.717) is 6.54 Å². The minimum absolute atomic E-state index is 0.0309. The second kappa shape index (κ2) is 5.80. The summed E-state index contributed by atoms with van der Waals surface area (Å²) >= 11 is 0. The Morgan fingerprint density at radius 1 is 1.21 bits per heavy atom. The molecule has 4 nitrogen and oxygen atoms in total. The molecule has 0 bridgehead atoms. The molecule has 2 aliphatic rings. The Hall–Kier alpha value is -0.610. The van der Waals surface area contributed by atoms with Crippen molar-refractivity contribution < 1.29 is 14.6 Å². The Morgan fingerprint density at radius 2 is 1.84 bits per heavy atom. The van der Waals surface area contributed by atoms with Crippen molar-refractivity contribution in [2.75, 3.05) is 6.54 Å². The van der Waals surface area contributed by atoms with Crippen molar-refractivity contribution >= 4 is 5.91 Å². The highest BCUT2D eigenvalue weighted by Gasteiger charge is 2.42. The monoisotopic (exact) mass is 269 g/mol. The van der Waals surface area contributed by atoms with Gasteiger partial charge in [-0.05, 0) is 32.6 Å². The van der Waals surface area contributed by atoms with Crippen molar-refractivity contribution in [2.24, 2.45) is 11.8 Å². The van der Waals surface area contributed by atoms with Crippen LogP contribution in [0.1, 0.15) is 52.9 Å². The Balaban J connectivity index is 1.87. The Bertz CT molecular complexity index is 325. The number of carbonyl (C=O) groups excluding carboxylic acids is 1. The van der Waals surface area contributed by atoms with Gasteiger partial charge in [0, 0.05) is 6.54 Å². The van der Waals surface area contributed by atoms with E-state index in [1.54, 1.807) is 0 Å². The standard InChI is InChI=1S/C15H27NO3/c1-10-11(2)19-12(3)13(10)14(17)16-9-15(18)7-5-4-6-8-15/h10-13,18H,4-9H2,1-3H3,(H,16,17). The van der Waals surface area contributed by atoms with Crippen molar-refractivity contribution in [2.45, 2.75) is 70.7 Å². The highest BCUT2D eigenvalue weighted by Crippen LogP contribution is 2.32. The van der Waals surface area contributed by atoms with Gasteiger partial charge in [0.15, 0.2) is 0 Å². The molecule has 4 heteroatoms. The average Bonchev–Trinajstić information content (AvgIpc) is 2.62. The predicted octanol–water partition coefficient (Wildman–Crippen LogP) is 1.86. The number of rotatable bonds is 3. The number of hydrogen-bond acceptors (Lipinski definition) is 3. The van der Waals surface area contributed by atoms with E-state index in [4.69, 9.17) is 4.74 Å². The van der Waals surface area contributed by atoms with E-state index in [-0.39, 0.29) is 30.0 Å². The van der Waals surface area contributed by atoms with E-state index in [2.05, 4.69) is 12.2 Å². The van der Waals surface area contributed by atoms with Gasteiger partial charge >= 0.3 is 0 Å². The van der Waals surface area contributed by atoms with Crippen LogP contribution in [0.15, 0.2) is 0 Å². The zero-order chi connectivity index (χ0) is 14.0. The third-order valence-electron chi connectivity index (χ3n) is 4.92. The van der Waals surface area contributed by atoms with Crippen LogP contribution < -0.4 is 5.32 Å². The van der Waals surface area contributed by atoms with Gasteiger partial charge in [0.1, 0.15) is 0 Å². The molecular weight excluding hydrogens is 242 g/mol. The van der Waals surface area contributed by atoms with Crippen molar-refractivity contribution in [1.82, 2.24) is 5.32 Å². The molecule has 1 saturated heterocycles. The number of aliphatic hydroxyl groups is 1. The van der Waals surface area contributed by atoms with Crippen LogP contribution in [-0.4, -0.2) is 35.4 Å². The Labute approximate surface area is 115 Å². The van der Waals surface area contributed by atoms with Gasteiger partial charge in [0.2, 0.25) is 5.91 Å². The van der Waals surface area contributed by atoms with Gasteiger partial charge in [-0.25, -0.2) is 0 Å². The molecule has 2 rings (SSSR count). The van der Waals surface area contributed by atoms with Crippen molar-refractivity contribution in [3.8, 4) is 0 Å². The first kappa shape index (κ1) is 14.8. The molecule has 4 unspecified atom stereocenters. The van der Waals surface area contributed by atoms with Crippen LogP contribution in [0, 0.1) is 11.8 Å². The van der Waals surface area contributed by atoms with E-state index in [1.165, 1.54) is 6.42 Å². The number of ether oxygens (including phenoxy) is 1. The molecule has 1 heterocycles. The molecule has 0 aromatic rings. The third-order valence-corrected chi connectivity index (χ3v) is 4.92. The van der Waals surface area contributed by atoms with Crippen LogP contribution in [0.5, 0.6) is 0 Å². The third kappa shape index (κ3) is 3.29. The average molecular weight is 269 g/mol. The summed E-state index contributed by atoms with van der Waals surface area (Å²) in [4.78, 5) is 12.3. The van der Waals surface area contributed by atoms with Gasteiger partial charge < -0.3 is 15.2 Å². The molecule has 1 amide bonds. The number of nitrogens with one attached hydrogen (secondary N) is 1. The minimum atomic E-state index is -0.689. The van der Waals surface area contributed by atoms with Crippen molar-refractivity contribution in [3.05, 3.63) is 0 Å². The molecule has 2 N–H and O–H groups in total. The van der Waals surface area contributed by atoms with Crippen LogP contribution in [0.25, 0.3) is 0 Å². The summed E-state index contributed by atoms with van der Waals surface area (Å²) in [6, 6.07) is 0. The SMILES string of the molecule is CC1OC(C)C(C(=O)NCC2(O)CCCCC2)C1C. The maximum Gasteiger partial charge on any atom is 0.226 e. The normalized spacial score (nSPS) is 38.1. The molecule has 1 saturated carbocycles. The van der Waals surface area contributed by atoms with Crippen molar-refractivity contribution in [1.29, 1.82) is 0 Å². The van der Waals surface area contributed by atoms with E-state index in [9.17, 15) is 9.90 Å². The topological polar surface area (TPSA) is 58.6 Å². The smallest absolute Gasteiger partial charge is 0.226 e. The lowest BCUT2D eigenvalue weighted by Crippen LogP contribution is -2.47. The molecular formula is C15H27NO3. The highest BCUT2D eigenvalue weighted by molar-refractivity contribution is 5.80. The minimum Gasteiger partial charge on any atom is -0.388 e. The van der Waals surface area contributed by atoms with Gasteiger partial charge in [-0.2, -0.15) is 0 Å². The fourth-order valence-corrected chi connectivity index (χ4v) is 3.47. The molecule has 19 heavy (non-hydrogen) atoms. The predicted molar refractivity (Wildman–Crippen MR) is 73.7 cm³/mol. The first-order valence-electron chi connectivity index (χ1n) is 7.58. The van der Waals surface area contributed by atoms with Crippen LogP contribution in [0.2, 0.25) is 0 Å². The second-order valence-corrected chi connectivity index (χ2v) is 6.43. The summed E-state index contributed by atoms with van der Waals surface area (Å²) in [7, 11) is 0. The maximum atomic E-state index is 12.3. The first-order chi connectivity index (χ1) is 8.93. The van der Waals surface area contributed by atoms with Gasteiger partial charge in [-0.1, -0.05) is 26.2 Å². The molecule has 0 radical (unpaired) electrons. The van der Waals surface area contributed by atoms with Crippen LogP contribution in [0.4, 0.5) is 0 Å². The van der Waals surface area contributed by atoms with Crippen molar-refractivity contribution in [3.63, 3.8) is 0 Å². The lowest BCUT2D eigenvalue weighted by Gasteiger charge is -2.32. The van der Waals surface area contributed by atoms with Crippen LogP contribution in [0.3, 0.4) is 0 Å². The van der Waals surface area contributed by atoms with E-state index < -0.39 is 5.60 Å². The first-order valence-corrected chi connectivity index (χ1v) is 7.58.